The van der Waals surface area contributed by atoms with Crippen molar-refractivity contribution in [1.82, 2.24) is 9.55 Å². The first-order chi connectivity index (χ1) is 7.61. The number of rotatable bonds is 2. The summed E-state index contributed by atoms with van der Waals surface area (Å²) in [5.41, 5.74) is 1.33. The van der Waals surface area contributed by atoms with E-state index < -0.39 is 0 Å². The number of esters is 1. The van der Waals surface area contributed by atoms with Crippen LogP contribution in [-0.4, -0.2) is 22.6 Å². The number of aryl methyl sites for hydroxylation is 1. The number of halogens is 1. The first-order valence-electron chi connectivity index (χ1n) is 4.79. The lowest BCUT2D eigenvalue weighted by atomic mass is 10.3. The maximum Gasteiger partial charge on any atom is 0.313 e. The van der Waals surface area contributed by atoms with Gasteiger partial charge in [-0.3, -0.25) is 4.79 Å². The van der Waals surface area contributed by atoms with E-state index in [1.54, 1.807) is 17.7 Å². The first-order valence-corrected chi connectivity index (χ1v) is 4.79. The highest BCUT2D eigenvalue weighted by atomic mass is 19.1. The highest BCUT2D eigenvalue weighted by molar-refractivity contribution is 5.78. The van der Waals surface area contributed by atoms with Gasteiger partial charge in [-0.2, -0.15) is 0 Å². The number of nitrogens with zero attached hydrogens (tertiary/aromatic N) is 2. The number of imidazole rings is 1. The van der Waals surface area contributed by atoms with Crippen molar-refractivity contribution in [1.29, 1.82) is 0 Å². The lowest BCUT2D eigenvalue weighted by Gasteiger charge is -2.00. The molecule has 0 unspecified atom stereocenters. The Hall–Kier alpha value is -1.91. The minimum atomic E-state index is -0.362. The van der Waals surface area contributed by atoms with Gasteiger partial charge in [0, 0.05) is 13.1 Å². The highest BCUT2D eigenvalue weighted by Crippen LogP contribution is 2.16. The number of carbonyl (C=O) groups is 1. The molecule has 0 amide bonds. The average Bonchev–Trinajstić information content (AvgIpc) is 2.55. The van der Waals surface area contributed by atoms with E-state index in [4.69, 9.17) is 0 Å². The molecule has 2 rings (SSSR count). The Bertz CT molecular complexity index is 548. The number of ether oxygens (including phenoxy) is 1. The second-order valence-electron chi connectivity index (χ2n) is 3.47. The molecule has 0 saturated carbocycles. The third-order valence-electron chi connectivity index (χ3n) is 2.47. The van der Waals surface area contributed by atoms with E-state index in [0.717, 1.165) is 5.52 Å². The summed E-state index contributed by atoms with van der Waals surface area (Å²) in [6, 6.07) is 4.35. The van der Waals surface area contributed by atoms with Crippen LogP contribution in [0.25, 0.3) is 11.0 Å². The van der Waals surface area contributed by atoms with E-state index in [1.165, 1.54) is 19.2 Å². The van der Waals surface area contributed by atoms with Crippen LogP contribution in [0.4, 0.5) is 4.39 Å². The summed E-state index contributed by atoms with van der Waals surface area (Å²) in [5, 5.41) is 0. The molecular weight excluding hydrogens is 211 g/mol. The van der Waals surface area contributed by atoms with Crippen LogP contribution in [-0.2, 0) is 23.0 Å². The van der Waals surface area contributed by atoms with E-state index in [2.05, 4.69) is 9.72 Å². The Kier molecular flexibility index (Phi) is 2.60. The van der Waals surface area contributed by atoms with E-state index in [9.17, 15) is 9.18 Å². The molecule has 0 atom stereocenters. The molecule has 2 aromatic rings. The van der Waals surface area contributed by atoms with Crippen molar-refractivity contribution in [2.24, 2.45) is 7.05 Å². The van der Waals surface area contributed by atoms with Crippen LogP contribution >= 0.6 is 0 Å². The molecular formula is C11H11FN2O2. The molecule has 16 heavy (non-hydrogen) atoms. The van der Waals surface area contributed by atoms with Gasteiger partial charge in [-0.25, -0.2) is 9.37 Å². The summed E-state index contributed by atoms with van der Waals surface area (Å²) in [5.74, 6) is -0.137. The molecule has 0 saturated heterocycles. The first kappa shape index (κ1) is 10.6. The molecule has 0 fully saturated rings. The molecule has 1 aromatic carbocycles. The fourth-order valence-corrected chi connectivity index (χ4v) is 1.58. The van der Waals surface area contributed by atoms with Crippen LogP contribution in [0, 0.1) is 5.82 Å². The molecule has 0 aliphatic heterocycles. The van der Waals surface area contributed by atoms with Gasteiger partial charge in [-0.1, -0.05) is 0 Å². The summed E-state index contributed by atoms with van der Waals surface area (Å²) >= 11 is 0. The van der Waals surface area contributed by atoms with Crippen molar-refractivity contribution in [2.45, 2.75) is 6.42 Å². The fraction of sp³-hybridized carbons (Fsp3) is 0.273. The summed E-state index contributed by atoms with van der Waals surface area (Å²) in [4.78, 5) is 15.3. The Morgan fingerprint density at radius 2 is 2.31 bits per heavy atom. The molecule has 1 aromatic heterocycles. The molecule has 4 nitrogen and oxygen atoms in total. The predicted molar refractivity (Wildman–Crippen MR) is 56.4 cm³/mol. The summed E-state index contributed by atoms with van der Waals surface area (Å²) in [6.07, 6.45) is 0.0866. The van der Waals surface area contributed by atoms with Gasteiger partial charge >= 0.3 is 5.97 Å². The van der Waals surface area contributed by atoms with Crippen LogP contribution in [0.15, 0.2) is 18.2 Å². The average molecular weight is 222 g/mol. The third-order valence-corrected chi connectivity index (χ3v) is 2.47. The van der Waals surface area contributed by atoms with Gasteiger partial charge in [0.05, 0.1) is 18.1 Å². The molecule has 0 aliphatic rings. The number of aromatic nitrogens is 2. The number of hydrogen-bond acceptors (Lipinski definition) is 3. The maximum atomic E-state index is 13.0. The van der Waals surface area contributed by atoms with E-state index in [-0.39, 0.29) is 18.2 Å². The maximum absolute atomic E-state index is 13.0. The van der Waals surface area contributed by atoms with Gasteiger partial charge in [0.15, 0.2) is 0 Å². The zero-order valence-electron chi connectivity index (χ0n) is 9.03. The molecule has 0 spiro atoms. The standard InChI is InChI=1S/C11H11FN2O2/c1-14-9-4-3-7(12)5-8(9)13-10(14)6-11(15)16-2/h3-5H,6H2,1-2H3. The molecule has 0 N–H and O–H groups in total. The largest absolute Gasteiger partial charge is 0.469 e. The van der Waals surface area contributed by atoms with Gasteiger partial charge in [0.25, 0.3) is 0 Å². The topological polar surface area (TPSA) is 44.1 Å². The van der Waals surface area contributed by atoms with Crippen LogP contribution in [0.5, 0.6) is 0 Å². The van der Waals surface area contributed by atoms with Crippen LogP contribution < -0.4 is 0 Å². The Morgan fingerprint density at radius 3 is 3.00 bits per heavy atom. The molecule has 5 heteroatoms. The van der Waals surface area contributed by atoms with Crippen molar-refractivity contribution in [3.8, 4) is 0 Å². The number of fused-ring (bicyclic) bond motifs is 1. The zero-order chi connectivity index (χ0) is 11.7. The fourth-order valence-electron chi connectivity index (χ4n) is 1.58. The SMILES string of the molecule is COC(=O)Cc1nc2cc(F)ccc2n1C. The number of carbonyl (C=O) groups excluding carboxylic acids is 1. The Morgan fingerprint density at radius 1 is 1.56 bits per heavy atom. The normalized spacial score (nSPS) is 10.7. The highest BCUT2D eigenvalue weighted by Gasteiger charge is 2.12. The smallest absolute Gasteiger partial charge is 0.313 e. The van der Waals surface area contributed by atoms with Crippen LogP contribution in [0.3, 0.4) is 0 Å². The van der Waals surface area contributed by atoms with Crippen molar-refractivity contribution in [3.63, 3.8) is 0 Å². The van der Waals surface area contributed by atoms with Crippen LogP contribution in [0.2, 0.25) is 0 Å². The van der Waals surface area contributed by atoms with Gasteiger partial charge in [-0.15, -0.1) is 0 Å². The molecule has 84 valence electrons. The minimum Gasteiger partial charge on any atom is -0.469 e. The van der Waals surface area contributed by atoms with Crippen molar-refractivity contribution < 1.29 is 13.9 Å². The number of hydrogen-bond donors (Lipinski definition) is 0. The van der Waals surface area contributed by atoms with Gasteiger partial charge < -0.3 is 9.30 Å². The van der Waals surface area contributed by atoms with E-state index >= 15 is 0 Å². The Labute approximate surface area is 91.7 Å². The second-order valence-corrected chi connectivity index (χ2v) is 3.47. The van der Waals surface area contributed by atoms with Crippen LogP contribution in [0.1, 0.15) is 5.82 Å². The molecule has 0 radical (unpaired) electrons. The van der Waals surface area contributed by atoms with Gasteiger partial charge in [-0.05, 0) is 12.1 Å². The lowest BCUT2D eigenvalue weighted by molar-refractivity contribution is -0.139. The van der Waals surface area contributed by atoms with Gasteiger partial charge in [0.1, 0.15) is 18.1 Å². The summed E-state index contributed by atoms with van der Waals surface area (Å²) in [7, 11) is 3.11. The van der Waals surface area contributed by atoms with Crippen molar-refractivity contribution in [2.75, 3.05) is 7.11 Å². The molecule has 0 aliphatic carbocycles. The van der Waals surface area contributed by atoms with Crippen molar-refractivity contribution >= 4 is 17.0 Å². The molecule has 1 heterocycles. The van der Waals surface area contributed by atoms with E-state index in [0.29, 0.717) is 11.3 Å². The predicted octanol–water partition coefficient (Wildman–Crippen LogP) is 1.43. The monoisotopic (exact) mass is 222 g/mol. The van der Waals surface area contributed by atoms with E-state index in [1.807, 2.05) is 0 Å². The Balaban J connectivity index is 2.47. The minimum absolute atomic E-state index is 0.0866. The zero-order valence-corrected chi connectivity index (χ0v) is 9.03. The third kappa shape index (κ3) is 1.76. The summed E-state index contributed by atoms with van der Waals surface area (Å²) in [6.45, 7) is 0. The quantitative estimate of drug-likeness (QED) is 0.722. The van der Waals surface area contributed by atoms with Crippen molar-refractivity contribution in [3.05, 3.63) is 29.8 Å². The second kappa shape index (κ2) is 3.92. The molecule has 0 bridgehead atoms. The van der Waals surface area contributed by atoms with Gasteiger partial charge in [0.2, 0.25) is 0 Å². The number of benzene rings is 1. The number of methoxy groups -OCH3 is 1. The lowest BCUT2D eigenvalue weighted by Crippen LogP contribution is -2.09. The summed E-state index contributed by atoms with van der Waals surface area (Å²) < 4.78 is 19.3.